The molecule has 6 heteroatoms. The Labute approximate surface area is 142 Å². The van der Waals surface area contributed by atoms with Gasteiger partial charge in [0.15, 0.2) is 5.17 Å². The maximum Gasteiger partial charge on any atom is 0.264 e. The molecule has 2 N–H and O–H groups in total. The second kappa shape index (κ2) is 6.87. The maximum absolute atomic E-state index is 12.0. The predicted molar refractivity (Wildman–Crippen MR) is 93.8 cm³/mol. The number of carbonyl (C=O) groups is 1. The van der Waals surface area contributed by atoms with Crippen molar-refractivity contribution in [1.29, 1.82) is 0 Å². The summed E-state index contributed by atoms with van der Waals surface area (Å²) in [6.45, 7) is 0. The lowest BCUT2D eigenvalue weighted by Gasteiger charge is -2.17. The van der Waals surface area contributed by atoms with E-state index in [-0.39, 0.29) is 11.7 Å². The molecule has 1 aromatic rings. The maximum atomic E-state index is 12.0. The average Bonchev–Trinajstić information content (AvgIpc) is 2.84. The van der Waals surface area contributed by atoms with Crippen LogP contribution in [0.4, 0.5) is 0 Å². The molecule has 1 aromatic carbocycles. The van der Waals surface area contributed by atoms with Gasteiger partial charge in [-0.15, -0.1) is 0 Å². The number of halogens is 1. The molecule has 0 atom stereocenters. The van der Waals surface area contributed by atoms with E-state index in [1.54, 1.807) is 18.2 Å². The van der Waals surface area contributed by atoms with Gasteiger partial charge in [-0.05, 0) is 64.3 Å². The molecule has 0 bridgehead atoms. The fourth-order valence-electron chi connectivity index (χ4n) is 2.63. The van der Waals surface area contributed by atoms with Crippen LogP contribution in [0.2, 0.25) is 0 Å². The zero-order chi connectivity index (χ0) is 15.5. The van der Waals surface area contributed by atoms with Crippen molar-refractivity contribution in [2.45, 2.75) is 38.1 Å². The minimum Gasteiger partial charge on any atom is -0.507 e. The second-order valence-corrected chi connectivity index (χ2v) is 7.39. The van der Waals surface area contributed by atoms with Gasteiger partial charge < -0.3 is 10.4 Å². The van der Waals surface area contributed by atoms with Crippen molar-refractivity contribution in [2.24, 2.45) is 4.99 Å². The van der Waals surface area contributed by atoms with Gasteiger partial charge in [0.05, 0.1) is 15.4 Å². The number of phenolic OH excluding ortho intramolecular Hbond substituents is 1. The SMILES string of the molecule is O=C1NC(=NC2CCCCC2)S/C1=C/c1ccc(O)c(Br)c1. The Morgan fingerprint density at radius 3 is 2.82 bits per heavy atom. The number of aliphatic imine (C=N–C) groups is 1. The van der Waals surface area contributed by atoms with Crippen molar-refractivity contribution in [1.82, 2.24) is 5.32 Å². The van der Waals surface area contributed by atoms with Gasteiger partial charge in [-0.2, -0.15) is 0 Å². The molecule has 1 heterocycles. The Balaban J connectivity index is 1.74. The van der Waals surface area contributed by atoms with Crippen molar-refractivity contribution in [3.63, 3.8) is 0 Å². The molecule has 1 amide bonds. The van der Waals surface area contributed by atoms with Gasteiger partial charge >= 0.3 is 0 Å². The number of hydrogen-bond donors (Lipinski definition) is 2. The number of benzene rings is 1. The summed E-state index contributed by atoms with van der Waals surface area (Å²) in [6.07, 6.45) is 7.79. The molecule has 0 unspecified atom stereocenters. The molecule has 3 rings (SSSR count). The highest BCUT2D eigenvalue weighted by atomic mass is 79.9. The van der Waals surface area contributed by atoms with E-state index in [1.807, 2.05) is 6.08 Å². The number of nitrogens with one attached hydrogen (secondary N) is 1. The van der Waals surface area contributed by atoms with E-state index in [0.29, 0.717) is 20.6 Å². The van der Waals surface area contributed by atoms with Gasteiger partial charge in [0, 0.05) is 0 Å². The molecular weight excluding hydrogens is 364 g/mol. The van der Waals surface area contributed by atoms with Crippen LogP contribution in [0.15, 0.2) is 32.6 Å². The number of nitrogens with zero attached hydrogens (tertiary/aromatic N) is 1. The molecule has 1 saturated heterocycles. The van der Waals surface area contributed by atoms with E-state index in [2.05, 4.69) is 26.2 Å². The first-order valence-electron chi connectivity index (χ1n) is 7.39. The van der Waals surface area contributed by atoms with Crippen molar-refractivity contribution in [3.05, 3.63) is 33.1 Å². The molecular formula is C16H17BrN2O2S. The standard InChI is InChI=1S/C16H17BrN2O2S/c17-12-8-10(6-7-13(12)20)9-14-15(21)19-16(22-14)18-11-4-2-1-3-5-11/h6-9,11,20H,1-5H2,(H,18,19,21)/b14-9+. The lowest BCUT2D eigenvalue weighted by atomic mass is 9.96. The minimum absolute atomic E-state index is 0.108. The van der Waals surface area contributed by atoms with E-state index in [1.165, 1.54) is 31.0 Å². The summed E-state index contributed by atoms with van der Waals surface area (Å²) in [4.78, 5) is 17.3. The highest BCUT2D eigenvalue weighted by molar-refractivity contribution is 9.10. The van der Waals surface area contributed by atoms with Gasteiger partial charge in [-0.3, -0.25) is 9.79 Å². The second-order valence-electron chi connectivity index (χ2n) is 5.50. The number of phenols is 1. The van der Waals surface area contributed by atoms with Gasteiger partial charge in [0.2, 0.25) is 0 Å². The Kier molecular flexibility index (Phi) is 4.88. The fraction of sp³-hybridized carbons (Fsp3) is 0.375. The van der Waals surface area contributed by atoms with Crippen LogP contribution in [-0.2, 0) is 4.79 Å². The summed E-state index contributed by atoms with van der Waals surface area (Å²) in [5.41, 5.74) is 0.862. The third kappa shape index (κ3) is 3.73. The first-order chi connectivity index (χ1) is 10.6. The monoisotopic (exact) mass is 380 g/mol. The first-order valence-corrected chi connectivity index (χ1v) is 9.00. The number of rotatable bonds is 2. The number of aromatic hydroxyl groups is 1. The average molecular weight is 381 g/mol. The summed E-state index contributed by atoms with van der Waals surface area (Å²) in [5, 5.41) is 13.1. The highest BCUT2D eigenvalue weighted by Crippen LogP contribution is 2.30. The summed E-state index contributed by atoms with van der Waals surface area (Å²) < 4.78 is 0.612. The lowest BCUT2D eigenvalue weighted by molar-refractivity contribution is -0.115. The van der Waals surface area contributed by atoms with Crippen molar-refractivity contribution in [2.75, 3.05) is 0 Å². The quantitative estimate of drug-likeness (QED) is 0.760. The van der Waals surface area contributed by atoms with E-state index in [4.69, 9.17) is 0 Å². The van der Waals surface area contributed by atoms with Gasteiger partial charge in [0.1, 0.15) is 5.75 Å². The molecule has 0 radical (unpaired) electrons. The molecule has 0 aromatic heterocycles. The van der Waals surface area contributed by atoms with Crippen LogP contribution in [0.3, 0.4) is 0 Å². The molecule has 116 valence electrons. The van der Waals surface area contributed by atoms with Crippen LogP contribution in [0.25, 0.3) is 6.08 Å². The zero-order valence-corrected chi connectivity index (χ0v) is 14.4. The number of amidine groups is 1. The van der Waals surface area contributed by atoms with Gasteiger partial charge in [-0.1, -0.05) is 25.3 Å². The zero-order valence-electron chi connectivity index (χ0n) is 12.0. The summed E-state index contributed by atoms with van der Waals surface area (Å²) in [7, 11) is 0. The number of carbonyl (C=O) groups excluding carboxylic acids is 1. The highest BCUT2D eigenvalue weighted by Gasteiger charge is 2.25. The molecule has 1 saturated carbocycles. The third-order valence-corrected chi connectivity index (χ3v) is 5.35. The molecule has 1 aliphatic carbocycles. The van der Waals surface area contributed by atoms with E-state index in [0.717, 1.165) is 18.4 Å². The molecule has 2 fully saturated rings. The van der Waals surface area contributed by atoms with Crippen LogP contribution >= 0.6 is 27.7 Å². The van der Waals surface area contributed by atoms with E-state index >= 15 is 0 Å². The van der Waals surface area contributed by atoms with Crippen LogP contribution < -0.4 is 5.32 Å². The molecule has 2 aliphatic rings. The molecule has 22 heavy (non-hydrogen) atoms. The largest absolute Gasteiger partial charge is 0.507 e. The number of hydrogen-bond acceptors (Lipinski definition) is 4. The van der Waals surface area contributed by atoms with Crippen LogP contribution in [0.5, 0.6) is 5.75 Å². The van der Waals surface area contributed by atoms with E-state index in [9.17, 15) is 9.90 Å². The Morgan fingerprint density at radius 2 is 2.09 bits per heavy atom. The molecule has 1 aliphatic heterocycles. The van der Waals surface area contributed by atoms with Crippen molar-refractivity contribution in [3.8, 4) is 5.75 Å². The Morgan fingerprint density at radius 1 is 1.32 bits per heavy atom. The minimum atomic E-state index is -0.108. The lowest BCUT2D eigenvalue weighted by Crippen LogP contribution is -2.22. The van der Waals surface area contributed by atoms with Crippen LogP contribution in [0.1, 0.15) is 37.7 Å². The van der Waals surface area contributed by atoms with Crippen LogP contribution in [0, 0.1) is 0 Å². The normalized spacial score (nSPS) is 23.2. The Bertz CT molecular complexity index is 652. The summed E-state index contributed by atoms with van der Waals surface area (Å²) >= 11 is 4.67. The Hall–Kier alpha value is -1.27. The van der Waals surface area contributed by atoms with Crippen molar-refractivity contribution >= 4 is 44.8 Å². The topological polar surface area (TPSA) is 61.7 Å². The summed E-state index contributed by atoms with van der Waals surface area (Å²) in [5.74, 6) is 0.0778. The van der Waals surface area contributed by atoms with Gasteiger partial charge in [-0.25, -0.2) is 0 Å². The van der Waals surface area contributed by atoms with Gasteiger partial charge in [0.25, 0.3) is 5.91 Å². The summed E-state index contributed by atoms with van der Waals surface area (Å²) in [6, 6.07) is 5.51. The molecule has 0 spiro atoms. The molecule has 4 nitrogen and oxygen atoms in total. The smallest absolute Gasteiger partial charge is 0.264 e. The predicted octanol–water partition coefficient (Wildman–Crippen LogP) is 4.05. The van der Waals surface area contributed by atoms with E-state index < -0.39 is 0 Å². The van der Waals surface area contributed by atoms with Crippen molar-refractivity contribution < 1.29 is 9.90 Å². The fourth-order valence-corrected chi connectivity index (χ4v) is 3.92. The third-order valence-electron chi connectivity index (χ3n) is 3.79. The first kappa shape index (κ1) is 15.6. The number of amides is 1. The number of thioether (sulfide) groups is 1. The van der Waals surface area contributed by atoms with Crippen LogP contribution in [-0.4, -0.2) is 22.2 Å².